The minimum Gasteiger partial charge on any atom is -0.385 e. The van der Waals surface area contributed by atoms with Gasteiger partial charge in [-0.05, 0) is 49.7 Å². The Morgan fingerprint density at radius 1 is 1.07 bits per heavy atom. The molecular weight excluding hydrogens is 182 g/mol. The standard InChI is InChI=1S/C14H16N/c1-12(13-7-5-6-8-13)11-15-14-9-3-2-4-10-14/h2-10,12,15H,11H2,1H3. The molecule has 0 aliphatic heterocycles. The summed E-state index contributed by atoms with van der Waals surface area (Å²) in [4.78, 5) is 0. The fourth-order valence-corrected chi connectivity index (χ4v) is 1.66. The van der Waals surface area contributed by atoms with Crippen LogP contribution in [0.5, 0.6) is 0 Å². The lowest BCUT2D eigenvalue weighted by atomic mass is 9.92. The third kappa shape index (κ3) is 2.98. The second-order valence-electron chi connectivity index (χ2n) is 3.87. The molecular formula is C14H16N. The molecule has 1 aliphatic carbocycles. The van der Waals surface area contributed by atoms with Crippen LogP contribution in [0, 0.1) is 37.5 Å². The van der Waals surface area contributed by atoms with Gasteiger partial charge in [-0.25, -0.2) is 0 Å². The van der Waals surface area contributed by atoms with Gasteiger partial charge in [-0.2, -0.15) is 0 Å². The van der Waals surface area contributed by atoms with Crippen molar-refractivity contribution in [3.63, 3.8) is 0 Å². The van der Waals surface area contributed by atoms with Gasteiger partial charge >= 0.3 is 0 Å². The first kappa shape index (κ1) is 10.5. The lowest BCUT2D eigenvalue weighted by molar-refractivity contribution is 0.669. The van der Waals surface area contributed by atoms with E-state index in [0.29, 0.717) is 5.92 Å². The van der Waals surface area contributed by atoms with Crippen molar-refractivity contribution in [2.45, 2.75) is 6.92 Å². The van der Waals surface area contributed by atoms with E-state index in [1.165, 1.54) is 11.6 Å². The van der Waals surface area contributed by atoms with Crippen LogP contribution in [0.25, 0.3) is 0 Å². The number of benzene rings is 1. The van der Waals surface area contributed by atoms with Crippen molar-refractivity contribution in [1.82, 2.24) is 0 Å². The van der Waals surface area contributed by atoms with Crippen molar-refractivity contribution < 1.29 is 0 Å². The zero-order valence-electron chi connectivity index (χ0n) is 8.98. The van der Waals surface area contributed by atoms with Gasteiger partial charge in [0.05, 0.1) is 0 Å². The minimum atomic E-state index is 0.556. The van der Waals surface area contributed by atoms with Crippen LogP contribution in [-0.2, 0) is 0 Å². The van der Waals surface area contributed by atoms with E-state index in [1.807, 2.05) is 6.07 Å². The summed E-state index contributed by atoms with van der Waals surface area (Å²) in [6, 6.07) is 10.3. The maximum atomic E-state index is 3.43. The molecule has 5 radical (unpaired) electrons. The molecule has 2 rings (SSSR count). The Morgan fingerprint density at radius 2 is 1.73 bits per heavy atom. The van der Waals surface area contributed by atoms with Crippen molar-refractivity contribution in [2.24, 2.45) is 5.92 Å². The largest absolute Gasteiger partial charge is 0.385 e. The van der Waals surface area contributed by atoms with Gasteiger partial charge in [0.25, 0.3) is 0 Å². The third-order valence-electron chi connectivity index (χ3n) is 2.64. The van der Waals surface area contributed by atoms with Crippen LogP contribution in [0.15, 0.2) is 30.3 Å². The van der Waals surface area contributed by atoms with Crippen molar-refractivity contribution in [3.05, 3.63) is 61.9 Å². The highest BCUT2D eigenvalue weighted by molar-refractivity contribution is 5.43. The molecule has 0 heterocycles. The second-order valence-corrected chi connectivity index (χ2v) is 3.87. The highest BCUT2D eigenvalue weighted by Crippen LogP contribution is 2.30. The molecule has 1 saturated carbocycles. The smallest absolute Gasteiger partial charge is 0.0340 e. The zero-order chi connectivity index (χ0) is 10.5. The second kappa shape index (κ2) is 5.20. The molecule has 0 bridgehead atoms. The fraction of sp³-hybridized carbons (Fsp3) is 0.214. The first-order valence-corrected chi connectivity index (χ1v) is 5.37. The molecule has 1 nitrogen and oxygen atoms in total. The maximum Gasteiger partial charge on any atom is 0.0340 e. The third-order valence-corrected chi connectivity index (χ3v) is 2.64. The van der Waals surface area contributed by atoms with Crippen LogP contribution in [0.3, 0.4) is 0 Å². The number of hydrogen-bond donors (Lipinski definition) is 1. The first-order valence-electron chi connectivity index (χ1n) is 5.37. The quantitative estimate of drug-likeness (QED) is 0.783. The predicted molar refractivity (Wildman–Crippen MR) is 64.5 cm³/mol. The Morgan fingerprint density at radius 3 is 2.40 bits per heavy atom. The lowest BCUT2D eigenvalue weighted by Gasteiger charge is -2.18. The van der Waals surface area contributed by atoms with Gasteiger partial charge in [0.2, 0.25) is 0 Å². The monoisotopic (exact) mass is 198 g/mol. The van der Waals surface area contributed by atoms with Gasteiger partial charge in [0.15, 0.2) is 0 Å². The van der Waals surface area contributed by atoms with E-state index < -0.39 is 0 Å². The van der Waals surface area contributed by atoms with Crippen LogP contribution in [-0.4, -0.2) is 6.54 Å². The molecule has 1 heteroatoms. The normalized spacial score (nSPS) is 19.0. The summed E-state index contributed by atoms with van der Waals surface area (Å²) >= 11 is 0. The average Bonchev–Trinajstić information content (AvgIpc) is 2.81. The van der Waals surface area contributed by atoms with Crippen molar-refractivity contribution in [1.29, 1.82) is 0 Å². The molecule has 0 saturated heterocycles. The van der Waals surface area contributed by atoms with E-state index in [-0.39, 0.29) is 0 Å². The van der Waals surface area contributed by atoms with Crippen molar-refractivity contribution in [3.8, 4) is 0 Å². The van der Waals surface area contributed by atoms with Crippen LogP contribution in [0.1, 0.15) is 6.92 Å². The molecule has 77 valence electrons. The van der Waals surface area contributed by atoms with Gasteiger partial charge in [0, 0.05) is 12.2 Å². The molecule has 1 fully saturated rings. The Balaban J connectivity index is 1.77. The zero-order valence-corrected chi connectivity index (χ0v) is 8.98. The Bertz CT molecular complexity index is 275. The molecule has 1 unspecified atom stereocenters. The highest BCUT2D eigenvalue weighted by atomic mass is 14.9. The molecule has 0 aromatic heterocycles. The molecule has 1 aromatic carbocycles. The summed E-state index contributed by atoms with van der Waals surface area (Å²) in [6.45, 7) is 3.22. The molecule has 1 atom stereocenters. The topological polar surface area (TPSA) is 12.0 Å². The summed E-state index contributed by atoms with van der Waals surface area (Å²) in [6.07, 6.45) is 8.54. The lowest BCUT2D eigenvalue weighted by Crippen LogP contribution is -2.17. The van der Waals surface area contributed by atoms with E-state index in [9.17, 15) is 0 Å². The molecule has 1 N–H and O–H groups in total. The fourth-order valence-electron chi connectivity index (χ4n) is 1.66. The Hall–Kier alpha value is -0.980. The number of para-hydroxylation sites is 1. The van der Waals surface area contributed by atoms with Crippen LogP contribution >= 0.6 is 0 Å². The van der Waals surface area contributed by atoms with Crippen LogP contribution in [0.4, 0.5) is 5.69 Å². The van der Waals surface area contributed by atoms with Gasteiger partial charge in [-0.15, -0.1) is 0 Å². The molecule has 1 aromatic rings. The van der Waals surface area contributed by atoms with Crippen LogP contribution < -0.4 is 5.32 Å². The molecule has 0 amide bonds. The van der Waals surface area contributed by atoms with E-state index in [1.54, 1.807) is 0 Å². The summed E-state index contributed by atoms with van der Waals surface area (Å²) in [7, 11) is 0. The van der Waals surface area contributed by atoms with Crippen molar-refractivity contribution >= 4 is 5.69 Å². The van der Waals surface area contributed by atoms with E-state index in [4.69, 9.17) is 0 Å². The number of rotatable bonds is 4. The van der Waals surface area contributed by atoms with Crippen molar-refractivity contribution in [2.75, 3.05) is 11.9 Å². The predicted octanol–water partition coefficient (Wildman–Crippen LogP) is 3.14. The molecule has 0 spiro atoms. The molecule has 15 heavy (non-hydrogen) atoms. The summed E-state index contributed by atoms with van der Waals surface area (Å²) in [5.74, 6) is 1.96. The number of anilines is 1. The SMILES string of the molecule is CC(CNc1ccccc1)[C]1[CH][CH][CH][CH]1. The van der Waals surface area contributed by atoms with Crippen LogP contribution in [0.2, 0.25) is 0 Å². The van der Waals surface area contributed by atoms with E-state index in [2.05, 4.69) is 62.2 Å². The van der Waals surface area contributed by atoms with Gasteiger partial charge in [0.1, 0.15) is 0 Å². The van der Waals surface area contributed by atoms with Gasteiger partial charge in [-0.1, -0.05) is 25.1 Å². The summed E-state index contributed by atoms with van der Waals surface area (Å²) in [5.41, 5.74) is 1.19. The maximum absolute atomic E-state index is 3.43. The Labute approximate surface area is 92.9 Å². The minimum absolute atomic E-state index is 0.556. The number of hydrogen-bond acceptors (Lipinski definition) is 1. The summed E-state index contributed by atoms with van der Waals surface area (Å²) in [5, 5.41) is 3.43. The van der Waals surface area contributed by atoms with Gasteiger partial charge < -0.3 is 5.32 Å². The Kier molecular flexibility index (Phi) is 3.65. The average molecular weight is 198 g/mol. The van der Waals surface area contributed by atoms with E-state index in [0.717, 1.165) is 6.54 Å². The van der Waals surface area contributed by atoms with E-state index >= 15 is 0 Å². The number of nitrogens with one attached hydrogen (secondary N) is 1. The van der Waals surface area contributed by atoms with Gasteiger partial charge in [-0.3, -0.25) is 0 Å². The summed E-state index contributed by atoms with van der Waals surface area (Å²) < 4.78 is 0. The first-order chi connectivity index (χ1) is 7.36. The molecule has 1 aliphatic rings. The highest BCUT2D eigenvalue weighted by Gasteiger charge is 2.22.